The number of carbonyl (C=O) groups excluding carboxylic acids is 1. The van der Waals surface area contributed by atoms with E-state index in [1.165, 1.54) is 16.5 Å². The number of epoxide rings is 1. The van der Waals surface area contributed by atoms with Crippen LogP contribution in [0.1, 0.15) is 19.0 Å². The van der Waals surface area contributed by atoms with Crippen LogP contribution in [0.3, 0.4) is 0 Å². The average Bonchev–Trinajstić information content (AvgIpc) is 3.45. The molecule has 4 atom stereocenters. The molecule has 1 fully saturated rings. The molecule has 5 rings (SSSR count). The van der Waals surface area contributed by atoms with Gasteiger partial charge in [-0.3, -0.25) is 9.59 Å². The highest BCUT2D eigenvalue weighted by Crippen LogP contribution is 2.43. The summed E-state index contributed by atoms with van der Waals surface area (Å²) in [5, 5.41) is 2.39. The molecule has 26 heavy (non-hydrogen) atoms. The second-order valence-corrected chi connectivity index (χ2v) is 6.82. The predicted molar refractivity (Wildman–Crippen MR) is 94.4 cm³/mol. The summed E-state index contributed by atoms with van der Waals surface area (Å²) < 4.78 is 13.0. The summed E-state index contributed by atoms with van der Waals surface area (Å²) >= 11 is 0. The quantitative estimate of drug-likeness (QED) is 0.375. The van der Waals surface area contributed by atoms with Crippen LogP contribution >= 0.6 is 0 Å². The van der Waals surface area contributed by atoms with Gasteiger partial charge < -0.3 is 9.47 Å². The Kier molecular flexibility index (Phi) is 2.98. The lowest BCUT2D eigenvalue weighted by Gasteiger charge is -2.29. The van der Waals surface area contributed by atoms with Crippen molar-refractivity contribution in [3.05, 3.63) is 57.1 Å². The Morgan fingerprint density at radius 2 is 1.58 bits per heavy atom. The van der Waals surface area contributed by atoms with Crippen molar-refractivity contribution in [3.8, 4) is 0 Å². The maximum absolute atomic E-state index is 13.2. The van der Waals surface area contributed by atoms with Crippen LogP contribution in [-0.2, 0) is 14.3 Å². The fourth-order valence-corrected chi connectivity index (χ4v) is 4.09. The number of hydrogen-bond donors (Lipinski definition) is 0. The highest BCUT2D eigenvalue weighted by molar-refractivity contribution is 5.97. The summed E-state index contributed by atoms with van der Waals surface area (Å²) in [4.78, 5) is 38.8. The van der Waals surface area contributed by atoms with Gasteiger partial charge in [-0.2, -0.15) is 0 Å². The van der Waals surface area contributed by atoms with Crippen molar-refractivity contribution in [1.29, 1.82) is 0 Å². The molecule has 3 heterocycles. The maximum Gasteiger partial charge on any atom is 0.333 e. The van der Waals surface area contributed by atoms with E-state index in [-0.39, 0.29) is 23.3 Å². The van der Waals surface area contributed by atoms with Crippen LogP contribution in [-0.4, -0.2) is 34.7 Å². The molecule has 7 heteroatoms. The summed E-state index contributed by atoms with van der Waals surface area (Å²) in [5.41, 5.74) is -0.692. The number of aromatic nitrogens is 2. The molecule has 0 unspecified atom stereocenters. The third-order valence-electron chi connectivity index (χ3n) is 5.44. The molecule has 0 N–H and O–H groups in total. The minimum Gasteiger partial charge on any atom is -0.467 e. The van der Waals surface area contributed by atoms with E-state index in [2.05, 4.69) is 0 Å². The molecular weight excluding hydrogens is 336 g/mol. The van der Waals surface area contributed by atoms with Crippen LogP contribution in [0.2, 0.25) is 0 Å². The third-order valence-corrected chi connectivity index (χ3v) is 5.44. The van der Waals surface area contributed by atoms with Gasteiger partial charge in [-0.1, -0.05) is 24.3 Å². The van der Waals surface area contributed by atoms with Crippen molar-refractivity contribution in [1.82, 2.24) is 9.36 Å². The number of fused-ring (bicyclic) bond motifs is 4. The molecule has 3 aromatic rings. The number of rotatable bonds is 1. The fraction of sp³-hybridized carbons (Fsp3) is 0.316. The van der Waals surface area contributed by atoms with Crippen molar-refractivity contribution in [3.63, 3.8) is 0 Å². The zero-order chi connectivity index (χ0) is 18.2. The zero-order valence-corrected chi connectivity index (χ0v) is 14.2. The van der Waals surface area contributed by atoms with Gasteiger partial charge in [0.25, 0.3) is 11.1 Å². The van der Waals surface area contributed by atoms with Crippen LogP contribution in [0.25, 0.3) is 21.5 Å². The molecule has 132 valence electrons. The van der Waals surface area contributed by atoms with Gasteiger partial charge in [0.1, 0.15) is 12.2 Å². The summed E-state index contributed by atoms with van der Waals surface area (Å²) in [6.45, 7) is 1.82. The minimum atomic E-state index is -0.947. The normalized spacial score (nSPS) is 26.4. The third kappa shape index (κ3) is 1.83. The molecule has 2 aromatic carbocycles. The maximum atomic E-state index is 13.2. The SMILES string of the molecule is COC(=O)[C@H]1[C@@H]2O[C@@H]2[C@@H](C)n2c(=O)c3cc4ccccc4cc3c(=O)n21. The first kappa shape index (κ1) is 15.3. The van der Waals surface area contributed by atoms with Crippen LogP contribution in [0.4, 0.5) is 0 Å². The average molecular weight is 352 g/mol. The lowest BCUT2D eigenvalue weighted by molar-refractivity contribution is -0.146. The van der Waals surface area contributed by atoms with Crippen molar-refractivity contribution >= 4 is 27.5 Å². The lowest BCUT2D eigenvalue weighted by Crippen LogP contribution is -2.50. The van der Waals surface area contributed by atoms with E-state index in [9.17, 15) is 14.4 Å². The summed E-state index contributed by atoms with van der Waals surface area (Å²) in [5.74, 6) is -0.584. The number of esters is 1. The van der Waals surface area contributed by atoms with Gasteiger partial charge in [0.05, 0.1) is 23.9 Å². The van der Waals surface area contributed by atoms with Gasteiger partial charge >= 0.3 is 5.97 Å². The van der Waals surface area contributed by atoms with Crippen molar-refractivity contribution in [2.24, 2.45) is 0 Å². The molecule has 1 saturated heterocycles. The molecule has 2 aliphatic rings. The second-order valence-electron chi connectivity index (χ2n) is 6.82. The van der Waals surface area contributed by atoms with Crippen LogP contribution in [0.5, 0.6) is 0 Å². The molecule has 0 spiro atoms. The van der Waals surface area contributed by atoms with E-state index < -0.39 is 18.1 Å². The van der Waals surface area contributed by atoms with Crippen molar-refractivity contribution in [2.75, 3.05) is 7.11 Å². The first-order valence-corrected chi connectivity index (χ1v) is 8.46. The Hall–Kier alpha value is -2.93. The lowest BCUT2D eigenvalue weighted by atomic mass is 10.0. The predicted octanol–water partition coefficient (Wildman–Crippen LogP) is 1.37. The first-order chi connectivity index (χ1) is 12.5. The Morgan fingerprint density at radius 1 is 1.00 bits per heavy atom. The molecule has 0 saturated carbocycles. The summed E-state index contributed by atoms with van der Waals surface area (Å²) in [6.07, 6.45) is -0.707. The standard InChI is InChI=1S/C19H16N2O5/c1-9-15-16(26-15)14(19(24)25-2)21-18(23)13-8-11-6-4-3-5-10(11)7-12(13)17(22)20(9)21/h3-9,14-16H,1-2H3/t9-,14-,15-,16+/m1/s1. The Balaban J connectivity index is 1.93. The zero-order valence-electron chi connectivity index (χ0n) is 14.2. The van der Waals surface area contributed by atoms with E-state index >= 15 is 0 Å². The fourth-order valence-electron chi connectivity index (χ4n) is 4.09. The van der Waals surface area contributed by atoms with Crippen LogP contribution in [0.15, 0.2) is 46.0 Å². The van der Waals surface area contributed by atoms with Gasteiger partial charge in [0.2, 0.25) is 0 Å². The minimum absolute atomic E-state index is 0.269. The number of hydrogen-bond acceptors (Lipinski definition) is 5. The van der Waals surface area contributed by atoms with Gasteiger partial charge in [0, 0.05) is 0 Å². The highest BCUT2D eigenvalue weighted by atomic mass is 16.6. The van der Waals surface area contributed by atoms with Gasteiger partial charge in [-0.15, -0.1) is 0 Å². The number of carbonyl (C=O) groups is 1. The smallest absolute Gasteiger partial charge is 0.333 e. The summed E-state index contributed by atoms with van der Waals surface area (Å²) in [6, 6.07) is 9.71. The van der Waals surface area contributed by atoms with Gasteiger partial charge in [0.15, 0.2) is 6.04 Å². The van der Waals surface area contributed by atoms with Gasteiger partial charge in [-0.05, 0) is 29.8 Å². The molecule has 0 radical (unpaired) electrons. The molecule has 2 aliphatic heterocycles. The van der Waals surface area contributed by atoms with Crippen LogP contribution in [0, 0.1) is 0 Å². The van der Waals surface area contributed by atoms with Crippen molar-refractivity contribution < 1.29 is 14.3 Å². The number of ether oxygens (including phenoxy) is 2. The highest BCUT2D eigenvalue weighted by Gasteiger charge is 2.58. The first-order valence-electron chi connectivity index (χ1n) is 8.46. The number of nitrogens with zero attached hydrogens (tertiary/aromatic N) is 2. The monoisotopic (exact) mass is 352 g/mol. The molecule has 0 bridgehead atoms. The van der Waals surface area contributed by atoms with Crippen molar-refractivity contribution in [2.45, 2.75) is 31.2 Å². The van der Waals surface area contributed by atoms with Gasteiger partial charge in [-0.25, -0.2) is 14.2 Å². The number of methoxy groups -OCH3 is 1. The van der Waals surface area contributed by atoms with E-state index in [0.29, 0.717) is 10.8 Å². The Bertz CT molecular complexity index is 1210. The Labute approximate surface area is 147 Å². The largest absolute Gasteiger partial charge is 0.467 e. The number of benzene rings is 2. The molecule has 1 aromatic heterocycles. The van der Waals surface area contributed by atoms with E-state index in [1.54, 1.807) is 12.1 Å². The van der Waals surface area contributed by atoms with E-state index in [4.69, 9.17) is 9.47 Å². The molecule has 7 nitrogen and oxygen atoms in total. The topological polar surface area (TPSA) is 82.8 Å². The summed E-state index contributed by atoms with van der Waals surface area (Å²) in [7, 11) is 1.26. The molecule has 0 amide bonds. The molecule has 0 aliphatic carbocycles. The van der Waals surface area contributed by atoms with Crippen LogP contribution < -0.4 is 11.1 Å². The second kappa shape index (κ2) is 5.04. The molecular formula is C19H16N2O5. The van der Waals surface area contributed by atoms with E-state index in [1.807, 2.05) is 31.2 Å². The Morgan fingerprint density at radius 3 is 2.15 bits per heavy atom. The van der Waals surface area contributed by atoms with E-state index in [0.717, 1.165) is 10.8 Å².